The van der Waals surface area contributed by atoms with Crippen LogP contribution in [-0.4, -0.2) is 42.9 Å². The lowest BCUT2D eigenvalue weighted by atomic mass is 10.1. The number of thiophene rings is 1. The van der Waals surface area contributed by atoms with Gasteiger partial charge in [0.25, 0.3) is 5.56 Å². The Labute approximate surface area is 181 Å². The Kier molecular flexibility index (Phi) is 4.70. The highest BCUT2D eigenvalue weighted by Crippen LogP contribution is 2.36. The van der Waals surface area contributed by atoms with Crippen LogP contribution in [0.25, 0.3) is 21.7 Å². The van der Waals surface area contributed by atoms with Crippen molar-refractivity contribution in [2.75, 3.05) is 13.6 Å². The van der Waals surface area contributed by atoms with E-state index in [0.29, 0.717) is 16.1 Å². The number of hydrogen-bond acceptors (Lipinski definition) is 6. The Hall–Kier alpha value is -1.87. The molecule has 150 valence electrons. The Bertz CT molecular complexity index is 1290. The molecule has 0 saturated heterocycles. The van der Waals surface area contributed by atoms with Crippen LogP contribution < -0.4 is 5.56 Å². The highest BCUT2D eigenvalue weighted by molar-refractivity contribution is 7.99. The van der Waals surface area contributed by atoms with Gasteiger partial charge in [0.1, 0.15) is 4.83 Å². The van der Waals surface area contributed by atoms with Gasteiger partial charge in [-0.25, -0.2) is 8.97 Å². The van der Waals surface area contributed by atoms with Gasteiger partial charge in [0.2, 0.25) is 5.78 Å². The van der Waals surface area contributed by atoms with Crippen molar-refractivity contribution in [1.29, 1.82) is 0 Å². The molecule has 9 heteroatoms. The zero-order valence-corrected chi connectivity index (χ0v) is 18.7. The summed E-state index contributed by atoms with van der Waals surface area (Å²) in [5, 5.41) is 11.5. The fourth-order valence-electron chi connectivity index (χ4n) is 3.79. The topological polar surface area (TPSA) is 55.4 Å². The van der Waals surface area contributed by atoms with Crippen molar-refractivity contribution < 1.29 is 0 Å². The van der Waals surface area contributed by atoms with Crippen molar-refractivity contribution in [1.82, 2.24) is 24.1 Å². The summed E-state index contributed by atoms with van der Waals surface area (Å²) >= 11 is 9.43. The smallest absolute Gasteiger partial charge is 0.268 e. The Morgan fingerprint density at radius 2 is 1.97 bits per heavy atom. The van der Waals surface area contributed by atoms with E-state index in [0.717, 1.165) is 40.6 Å². The fourth-order valence-corrected chi connectivity index (χ4v) is 6.18. The molecule has 1 aromatic carbocycles. The predicted molar refractivity (Wildman–Crippen MR) is 120 cm³/mol. The zero-order valence-electron chi connectivity index (χ0n) is 16.3. The lowest BCUT2D eigenvalue weighted by Crippen LogP contribution is -2.27. The monoisotopic (exact) mass is 445 g/mol. The van der Waals surface area contributed by atoms with Crippen LogP contribution in [0, 0.1) is 0 Å². The van der Waals surface area contributed by atoms with E-state index in [-0.39, 0.29) is 5.56 Å². The highest BCUT2D eigenvalue weighted by atomic mass is 35.5. The number of benzene rings is 1. The molecular formula is C20H20ClN5OS2. The minimum atomic E-state index is -0.0367. The number of hydrogen-bond donors (Lipinski definition) is 0. The van der Waals surface area contributed by atoms with Gasteiger partial charge in [0.05, 0.1) is 11.1 Å². The standard InChI is InChI=1S/C20H20ClN5OS2/c1-11(2)28-20-23-22-19-25(13-6-4-12(21)5-7-13)17(27)16-14-8-9-24(3)10-15(14)29-18(16)26(19)20/h4-7,11H,8-10H2,1-3H3. The van der Waals surface area contributed by atoms with Crippen LogP contribution in [0.5, 0.6) is 0 Å². The number of fused-ring (bicyclic) bond motifs is 5. The van der Waals surface area contributed by atoms with Gasteiger partial charge in [-0.05, 0) is 43.3 Å². The molecule has 0 spiro atoms. The van der Waals surface area contributed by atoms with E-state index in [1.165, 1.54) is 10.4 Å². The minimum Gasteiger partial charge on any atom is -0.301 e. The average Bonchev–Trinajstić information content (AvgIpc) is 3.24. The second-order valence-electron chi connectivity index (χ2n) is 7.57. The van der Waals surface area contributed by atoms with Gasteiger partial charge in [-0.15, -0.1) is 21.5 Å². The summed E-state index contributed by atoms with van der Waals surface area (Å²) in [6.07, 6.45) is 0.877. The minimum absolute atomic E-state index is 0.0367. The summed E-state index contributed by atoms with van der Waals surface area (Å²) in [5.41, 5.74) is 1.88. The molecule has 0 aliphatic carbocycles. The van der Waals surface area contributed by atoms with Crippen molar-refractivity contribution in [2.24, 2.45) is 0 Å². The Morgan fingerprint density at radius 1 is 1.21 bits per heavy atom. The second kappa shape index (κ2) is 7.12. The van der Waals surface area contributed by atoms with Crippen molar-refractivity contribution in [3.05, 3.63) is 50.1 Å². The van der Waals surface area contributed by atoms with Gasteiger partial charge in [0.15, 0.2) is 5.16 Å². The Morgan fingerprint density at radius 3 is 2.69 bits per heavy atom. The number of halogens is 1. The van der Waals surface area contributed by atoms with Crippen molar-refractivity contribution >= 4 is 50.7 Å². The molecule has 3 aromatic heterocycles. The van der Waals surface area contributed by atoms with Crippen LogP contribution in [0.2, 0.25) is 5.02 Å². The molecule has 0 saturated carbocycles. The number of likely N-dealkylation sites (N-methyl/N-ethyl adjacent to an activating group) is 1. The summed E-state index contributed by atoms with van der Waals surface area (Å²) in [4.78, 5) is 18.2. The molecule has 0 radical (unpaired) electrons. The maximum Gasteiger partial charge on any atom is 0.268 e. The normalized spacial score (nSPS) is 14.9. The first-order valence-electron chi connectivity index (χ1n) is 9.49. The largest absolute Gasteiger partial charge is 0.301 e. The lowest BCUT2D eigenvalue weighted by molar-refractivity contribution is 0.318. The molecular weight excluding hydrogens is 426 g/mol. The van der Waals surface area contributed by atoms with Crippen molar-refractivity contribution in [3.63, 3.8) is 0 Å². The molecule has 0 N–H and O–H groups in total. The van der Waals surface area contributed by atoms with Crippen molar-refractivity contribution in [2.45, 2.75) is 37.2 Å². The molecule has 0 amide bonds. The number of nitrogens with zero attached hydrogens (tertiary/aromatic N) is 5. The molecule has 1 aliphatic heterocycles. The van der Waals surface area contributed by atoms with Gasteiger partial charge in [-0.2, -0.15) is 0 Å². The maximum atomic E-state index is 13.7. The van der Waals surface area contributed by atoms with E-state index in [2.05, 4.69) is 40.4 Å². The van der Waals surface area contributed by atoms with Gasteiger partial charge < -0.3 is 4.90 Å². The summed E-state index contributed by atoms with van der Waals surface area (Å²) in [7, 11) is 2.12. The first kappa shape index (κ1) is 19.1. The zero-order chi connectivity index (χ0) is 20.3. The molecule has 6 nitrogen and oxygen atoms in total. The third-order valence-corrected chi connectivity index (χ3v) is 7.49. The van der Waals surface area contributed by atoms with Crippen molar-refractivity contribution in [3.8, 4) is 5.69 Å². The molecule has 1 aliphatic rings. The third-order valence-electron chi connectivity index (χ3n) is 5.09. The van der Waals surface area contributed by atoms with Crippen LogP contribution in [-0.2, 0) is 13.0 Å². The summed E-state index contributed by atoms with van der Waals surface area (Å²) in [5.74, 6) is 0.542. The van der Waals surface area contributed by atoms with Crippen LogP contribution in [0.4, 0.5) is 0 Å². The summed E-state index contributed by atoms with van der Waals surface area (Å²) in [6.45, 7) is 6.08. The number of aromatic nitrogens is 4. The van der Waals surface area contributed by atoms with Gasteiger partial charge in [0, 0.05) is 28.2 Å². The highest BCUT2D eigenvalue weighted by Gasteiger charge is 2.26. The molecule has 0 bridgehead atoms. The van der Waals surface area contributed by atoms with Gasteiger partial charge >= 0.3 is 0 Å². The van der Waals surface area contributed by atoms with Gasteiger partial charge in [-0.3, -0.25) is 4.79 Å². The molecule has 0 fully saturated rings. The molecule has 4 aromatic rings. The van der Waals surface area contributed by atoms with Crippen LogP contribution in [0.15, 0.2) is 34.2 Å². The molecule has 0 atom stereocenters. The van der Waals surface area contributed by atoms with E-state index in [9.17, 15) is 4.79 Å². The van der Waals surface area contributed by atoms with Crippen LogP contribution >= 0.6 is 34.7 Å². The maximum absolute atomic E-state index is 13.7. The Balaban J connectivity index is 1.91. The fraction of sp³-hybridized carbons (Fsp3) is 0.350. The average molecular weight is 446 g/mol. The molecule has 4 heterocycles. The van der Waals surface area contributed by atoms with E-state index in [1.807, 2.05) is 12.1 Å². The lowest BCUT2D eigenvalue weighted by Gasteiger charge is -2.21. The van der Waals surface area contributed by atoms with E-state index in [4.69, 9.17) is 11.6 Å². The second-order valence-corrected chi connectivity index (χ2v) is 10.6. The van der Waals surface area contributed by atoms with E-state index >= 15 is 0 Å². The number of thioether (sulfide) groups is 1. The SMILES string of the molecule is CC(C)Sc1nnc2n(-c3ccc(Cl)cc3)c(=O)c3c4c(sc3n12)CN(C)CC4. The molecule has 29 heavy (non-hydrogen) atoms. The molecule has 0 unspecified atom stereocenters. The predicted octanol–water partition coefficient (Wildman–Crippen LogP) is 4.24. The summed E-state index contributed by atoms with van der Waals surface area (Å²) in [6, 6.07) is 7.29. The van der Waals surface area contributed by atoms with Crippen LogP contribution in [0.3, 0.4) is 0 Å². The van der Waals surface area contributed by atoms with Crippen LogP contribution in [0.1, 0.15) is 24.3 Å². The van der Waals surface area contributed by atoms with Gasteiger partial charge in [-0.1, -0.05) is 37.2 Å². The summed E-state index contributed by atoms with van der Waals surface area (Å²) < 4.78 is 3.72. The van der Waals surface area contributed by atoms with E-state index < -0.39 is 0 Å². The van der Waals surface area contributed by atoms with E-state index in [1.54, 1.807) is 39.8 Å². The third kappa shape index (κ3) is 3.09. The number of rotatable bonds is 3. The molecule has 5 rings (SSSR count). The quantitative estimate of drug-likeness (QED) is 0.441. The first-order chi connectivity index (χ1) is 13.9. The first-order valence-corrected chi connectivity index (χ1v) is 11.6.